The number of amides is 1. The molecule has 5 aromatic carbocycles. The Bertz CT molecular complexity index is 1840. The Morgan fingerprint density at radius 1 is 0.786 bits per heavy atom. The van der Waals surface area contributed by atoms with Crippen LogP contribution in [0.2, 0.25) is 20.1 Å². The van der Waals surface area contributed by atoms with Gasteiger partial charge in [-0.2, -0.15) is 0 Å². The highest BCUT2D eigenvalue weighted by molar-refractivity contribution is 8.19. The second-order valence-electron chi connectivity index (χ2n) is 9.34. The minimum absolute atomic E-state index is 0.237. The predicted octanol–water partition coefficient (Wildman–Crippen LogP) is 10.8. The Kier molecular flexibility index (Phi) is 8.48. The fourth-order valence-electron chi connectivity index (χ4n) is 4.51. The molecule has 1 amide bonds. The smallest absolute Gasteiger partial charge is 0.271 e. The van der Waals surface area contributed by atoms with Crippen LogP contribution in [0.4, 0.5) is 11.4 Å². The van der Waals surface area contributed by atoms with E-state index in [2.05, 4.69) is 18.2 Å². The van der Waals surface area contributed by atoms with E-state index in [-0.39, 0.29) is 5.91 Å². The van der Waals surface area contributed by atoms with Crippen molar-refractivity contribution in [2.45, 2.75) is 6.61 Å². The number of anilines is 1. The molecular weight excluding hydrogens is 630 g/mol. The molecule has 42 heavy (non-hydrogen) atoms. The van der Waals surface area contributed by atoms with Gasteiger partial charge in [-0.15, -0.1) is 0 Å². The zero-order valence-corrected chi connectivity index (χ0v) is 25.6. The number of benzene rings is 5. The lowest BCUT2D eigenvalue weighted by Crippen LogP contribution is -2.28. The molecule has 0 bridgehead atoms. The third kappa shape index (κ3) is 6.17. The van der Waals surface area contributed by atoms with Crippen LogP contribution < -0.4 is 9.64 Å². The summed E-state index contributed by atoms with van der Waals surface area (Å²) < 4.78 is 6.08. The summed E-state index contributed by atoms with van der Waals surface area (Å²) in [5.74, 6) is 0.144. The van der Waals surface area contributed by atoms with Crippen molar-refractivity contribution < 1.29 is 9.53 Å². The fourth-order valence-corrected chi connectivity index (χ4v) is 6.38. The standard InChI is InChI=1S/C33H20Cl4N2O2S/c34-23-8-12-25(13-9-23)38-33-39(26-14-10-24(35)11-15-26)32(40)30(42-33)18-20-16-28(36)31(29(37)17-20)41-19-22-6-3-5-21-4-1-2-7-27(21)22/h1-18H,19H2/b30-18-,38-33?. The Morgan fingerprint density at radius 2 is 1.43 bits per heavy atom. The number of thioether (sulfide) groups is 1. The molecule has 208 valence electrons. The first kappa shape index (κ1) is 28.7. The van der Waals surface area contributed by atoms with Gasteiger partial charge in [-0.1, -0.05) is 88.9 Å². The van der Waals surface area contributed by atoms with Crippen molar-refractivity contribution in [3.8, 4) is 5.75 Å². The number of hydrogen-bond acceptors (Lipinski definition) is 4. The summed E-state index contributed by atoms with van der Waals surface area (Å²) in [7, 11) is 0. The minimum Gasteiger partial charge on any atom is -0.486 e. The number of aliphatic imine (C=N–C) groups is 1. The maximum absolute atomic E-state index is 13.7. The van der Waals surface area contributed by atoms with Crippen molar-refractivity contribution in [3.63, 3.8) is 0 Å². The van der Waals surface area contributed by atoms with Gasteiger partial charge >= 0.3 is 0 Å². The van der Waals surface area contributed by atoms with Crippen molar-refractivity contribution in [1.29, 1.82) is 0 Å². The molecule has 0 radical (unpaired) electrons. The second kappa shape index (κ2) is 12.4. The Morgan fingerprint density at radius 3 is 2.14 bits per heavy atom. The molecule has 6 rings (SSSR count). The van der Waals surface area contributed by atoms with Crippen LogP contribution >= 0.6 is 58.2 Å². The average Bonchev–Trinajstić information content (AvgIpc) is 3.28. The average molecular weight is 650 g/mol. The monoisotopic (exact) mass is 648 g/mol. The van der Waals surface area contributed by atoms with Gasteiger partial charge in [0.25, 0.3) is 5.91 Å². The number of ether oxygens (including phenoxy) is 1. The second-order valence-corrected chi connectivity index (χ2v) is 12.0. The normalized spacial score (nSPS) is 15.2. The molecule has 5 aromatic rings. The van der Waals surface area contributed by atoms with E-state index in [9.17, 15) is 4.79 Å². The first-order valence-electron chi connectivity index (χ1n) is 12.8. The van der Waals surface area contributed by atoms with Crippen molar-refractivity contribution in [2.24, 2.45) is 4.99 Å². The molecule has 1 heterocycles. The SMILES string of the molecule is O=C1/C(=C/c2cc(Cl)c(OCc3cccc4ccccc34)c(Cl)c2)SC(=Nc2ccc(Cl)cc2)N1c1ccc(Cl)cc1. The van der Waals surface area contributed by atoms with Crippen LogP contribution in [0.15, 0.2) is 113 Å². The van der Waals surface area contributed by atoms with E-state index < -0.39 is 0 Å². The molecular formula is C33H20Cl4N2O2S. The maximum Gasteiger partial charge on any atom is 0.271 e. The lowest BCUT2D eigenvalue weighted by atomic mass is 10.1. The van der Waals surface area contributed by atoms with Crippen molar-refractivity contribution in [1.82, 2.24) is 0 Å². The molecule has 0 N–H and O–H groups in total. The van der Waals surface area contributed by atoms with Gasteiger partial charge in [-0.05, 0) is 100 Å². The molecule has 1 fully saturated rings. The van der Waals surface area contributed by atoms with Gasteiger partial charge in [0.05, 0.1) is 26.3 Å². The van der Waals surface area contributed by atoms with Crippen LogP contribution in [-0.4, -0.2) is 11.1 Å². The summed E-state index contributed by atoms with van der Waals surface area (Å²) in [4.78, 5) is 20.4. The van der Waals surface area contributed by atoms with E-state index in [0.717, 1.165) is 16.3 Å². The van der Waals surface area contributed by atoms with Crippen molar-refractivity contribution in [3.05, 3.63) is 139 Å². The number of nitrogens with zero attached hydrogens (tertiary/aromatic N) is 2. The van der Waals surface area contributed by atoms with Crippen LogP contribution in [0.1, 0.15) is 11.1 Å². The van der Waals surface area contributed by atoms with Gasteiger partial charge in [-0.3, -0.25) is 9.69 Å². The lowest BCUT2D eigenvalue weighted by molar-refractivity contribution is -0.113. The van der Waals surface area contributed by atoms with Crippen LogP contribution in [0.3, 0.4) is 0 Å². The van der Waals surface area contributed by atoms with Crippen molar-refractivity contribution in [2.75, 3.05) is 4.90 Å². The zero-order chi connectivity index (χ0) is 29.2. The van der Waals surface area contributed by atoms with Gasteiger partial charge in [0.1, 0.15) is 6.61 Å². The minimum atomic E-state index is -0.237. The summed E-state index contributed by atoms with van der Waals surface area (Å²) in [6, 6.07) is 31.7. The summed E-state index contributed by atoms with van der Waals surface area (Å²) >= 11 is 26.7. The Balaban J connectivity index is 1.29. The van der Waals surface area contributed by atoms with E-state index in [1.807, 2.05) is 24.3 Å². The maximum atomic E-state index is 13.7. The molecule has 4 nitrogen and oxygen atoms in total. The number of fused-ring (bicyclic) bond motifs is 1. The molecule has 0 unspecified atom stereocenters. The first-order valence-corrected chi connectivity index (χ1v) is 15.1. The van der Waals surface area contributed by atoms with E-state index in [4.69, 9.17) is 56.1 Å². The summed E-state index contributed by atoms with van der Waals surface area (Å²) in [6.45, 7) is 0.302. The third-order valence-corrected chi connectivity index (χ3v) is 8.55. The molecule has 1 aliphatic heterocycles. The molecule has 0 saturated carbocycles. The van der Waals surface area contributed by atoms with Crippen molar-refractivity contribution >= 4 is 97.5 Å². The molecule has 0 atom stereocenters. The van der Waals surface area contributed by atoms with Crippen LogP contribution in [0, 0.1) is 0 Å². The molecule has 0 aromatic heterocycles. The van der Waals surface area contributed by atoms with Crippen LogP contribution in [-0.2, 0) is 11.4 Å². The molecule has 0 aliphatic carbocycles. The van der Waals surface area contributed by atoms with Gasteiger partial charge in [0.15, 0.2) is 10.9 Å². The van der Waals surface area contributed by atoms with Crippen LogP contribution in [0.25, 0.3) is 16.8 Å². The molecule has 1 saturated heterocycles. The number of carbonyl (C=O) groups is 1. The van der Waals surface area contributed by atoms with Crippen LogP contribution in [0.5, 0.6) is 5.75 Å². The summed E-state index contributed by atoms with van der Waals surface area (Å²) in [5, 5.41) is 4.57. The predicted molar refractivity (Wildman–Crippen MR) is 178 cm³/mol. The Hall–Kier alpha value is -3.45. The highest BCUT2D eigenvalue weighted by atomic mass is 35.5. The number of amidine groups is 1. The summed E-state index contributed by atoms with van der Waals surface area (Å²) in [6.07, 6.45) is 1.74. The van der Waals surface area contributed by atoms with Gasteiger partial charge in [0.2, 0.25) is 0 Å². The highest BCUT2D eigenvalue weighted by Crippen LogP contribution is 2.40. The summed E-state index contributed by atoms with van der Waals surface area (Å²) in [5.41, 5.74) is 2.98. The number of carbonyl (C=O) groups excluding carboxylic acids is 1. The Labute approximate surface area is 267 Å². The van der Waals surface area contributed by atoms with E-state index >= 15 is 0 Å². The highest BCUT2D eigenvalue weighted by Gasteiger charge is 2.35. The first-order chi connectivity index (χ1) is 20.4. The molecule has 0 spiro atoms. The zero-order valence-electron chi connectivity index (χ0n) is 21.7. The molecule has 1 aliphatic rings. The fraction of sp³-hybridized carbons (Fsp3) is 0.0303. The van der Waals surface area contributed by atoms with E-state index in [0.29, 0.717) is 59.5 Å². The third-order valence-electron chi connectivity index (χ3n) is 6.51. The topological polar surface area (TPSA) is 41.9 Å². The van der Waals surface area contributed by atoms with Gasteiger partial charge in [0, 0.05) is 10.0 Å². The number of hydrogen-bond donors (Lipinski definition) is 0. The largest absolute Gasteiger partial charge is 0.486 e. The number of rotatable bonds is 6. The quantitative estimate of drug-likeness (QED) is 0.172. The van der Waals surface area contributed by atoms with Gasteiger partial charge < -0.3 is 4.74 Å². The lowest BCUT2D eigenvalue weighted by Gasteiger charge is -2.15. The van der Waals surface area contributed by atoms with E-state index in [1.54, 1.807) is 71.6 Å². The number of halogens is 4. The van der Waals surface area contributed by atoms with Gasteiger partial charge in [-0.25, -0.2) is 4.99 Å². The molecule has 9 heteroatoms. The van der Waals surface area contributed by atoms with E-state index in [1.165, 1.54) is 11.8 Å².